The van der Waals surface area contributed by atoms with Crippen LogP contribution in [0.15, 0.2) is 0 Å². The number of nitrogens with zero attached hydrogens (tertiary/aromatic N) is 2. The van der Waals surface area contributed by atoms with Crippen LogP contribution in [0.1, 0.15) is 55.3 Å². The standard InChI is InChI=1S/C13H22N2O2/c1-4-12(16)13-9(2)14-15(10(13)3)11-6-5-7-17-8-11/h11-12,16H,4-8H2,1-3H3. The van der Waals surface area contributed by atoms with Crippen molar-refractivity contribution in [1.82, 2.24) is 9.78 Å². The van der Waals surface area contributed by atoms with Crippen LogP contribution in [0.3, 0.4) is 0 Å². The van der Waals surface area contributed by atoms with Crippen molar-refractivity contribution in [3.63, 3.8) is 0 Å². The molecule has 96 valence electrons. The second-order valence-corrected chi connectivity index (χ2v) is 4.82. The van der Waals surface area contributed by atoms with Gasteiger partial charge in [-0.2, -0.15) is 5.10 Å². The molecule has 0 aliphatic carbocycles. The molecular weight excluding hydrogens is 216 g/mol. The molecule has 4 heteroatoms. The van der Waals surface area contributed by atoms with E-state index in [0.29, 0.717) is 6.04 Å². The fourth-order valence-electron chi connectivity index (χ4n) is 2.63. The van der Waals surface area contributed by atoms with Gasteiger partial charge in [-0.3, -0.25) is 4.68 Å². The van der Waals surface area contributed by atoms with Crippen molar-refractivity contribution in [3.8, 4) is 0 Å². The van der Waals surface area contributed by atoms with E-state index in [9.17, 15) is 5.11 Å². The van der Waals surface area contributed by atoms with Crippen LogP contribution in [0.4, 0.5) is 0 Å². The third-order valence-corrected chi connectivity index (χ3v) is 3.58. The predicted molar refractivity (Wildman–Crippen MR) is 66.0 cm³/mol. The number of aliphatic hydroxyl groups is 1. The number of ether oxygens (including phenoxy) is 1. The highest BCUT2D eigenvalue weighted by Crippen LogP contribution is 2.28. The first-order valence-electron chi connectivity index (χ1n) is 6.46. The Morgan fingerprint density at radius 1 is 1.53 bits per heavy atom. The maximum Gasteiger partial charge on any atom is 0.0823 e. The molecule has 1 N–H and O–H groups in total. The first-order valence-corrected chi connectivity index (χ1v) is 6.46. The molecule has 0 radical (unpaired) electrons. The van der Waals surface area contributed by atoms with Gasteiger partial charge in [0.1, 0.15) is 0 Å². The van der Waals surface area contributed by atoms with E-state index in [1.165, 1.54) is 0 Å². The lowest BCUT2D eigenvalue weighted by Gasteiger charge is -2.24. The quantitative estimate of drug-likeness (QED) is 0.879. The molecule has 1 aromatic rings. The summed E-state index contributed by atoms with van der Waals surface area (Å²) in [7, 11) is 0. The Labute approximate surface area is 103 Å². The van der Waals surface area contributed by atoms with Gasteiger partial charge < -0.3 is 9.84 Å². The van der Waals surface area contributed by atoms with Gasteiger partial charge in [0.05, 0.1) is 24.4 Å². The normalized spacial score (nSPS) is 22.7. The van der Waals surface area contributed by atoms with Gasteiger partial charge in [0, 0.05) is 17.9 Å². The van der Waals surface area contributed by atoms with Gasteiger partial charge in [-0.25, -0.2) is 0 Å². The highest BCUT2D eigenvalue weighted by Gasteiger charge is 2.23. The Hall–Kier alpha value is -0.870. The number of hydrogen-bond donors (Lipinski definition) is 1. The maximum atomic E-state index is 10.0. The van der Waals surface area contributed by atoms with Crippen LogP contribution < -0.4 is 0 Å². The van der Waals surface area contributed by atoms with Crippen molar-refractivity contribution in [2.24, 2.45) is 0 Å². The minimum atomic E-state index is -0.395. The fraction of sp³-hybridized carbons (Fsp3) is 0.769. The highest BCUT2D eigenvalue weighted by molar-refractivity contribution is 5.27. The molecule has 1 saturated heterocycles. The summed E-state index contributed by atoms with van der Waals surface area (Å²) in [6.45, 7) is 7.61. The van der Waals surface area contributed by atoms with E-state index in [-0.39, 0.29) is 0 Å². The van der Waals surface area contributed by atoms with Gasteiger partial charge in [0.2, 0.25) is 0 Å². The van der Waals surface area contributed by atoms with Crippen LogP contribution in [-0.2, 0) is 4.74 Å². The van der Waals surface area contributed by atoms with Crippen LogP contribution >= 0.6 is 0 Å². The Bertz CT molecular complexity index is 381. The van der Waals surface area contributed by atoms with Crippen molar-refractivity contribution in [3.05, 3.63) is 17.0 Å². The van der Waals surface area contributed by atoms with E-state index in [0.717, 1.165) is 49.4 Å². The summed E-state index contributed by atoms with van der Waals surface area (Å²) in [5.41, 5.74) is 3.04. The van der Waals surface area contributed by atoms with Crippen molar-refractivity contribution in [2.75, 3.05) is 13.2 Å². The minimum Gasteiger partial charge on any atom is -0.388 e. The highest BCUT2D eigenvalue weighted by atomic mass is 16.5. The first kappa shape index (κ1) is 12.6. The van der Waals surface area contributed by atoms with Gasteiger partial charge in [-0.05, 0) is 33.1 Å². The number of aromatic nitrogens is 2. The molecule has 17 heavy (non-hydrogen) atoms. The average Bonchev–Trinajstić information content (AvgIpc) is 2.65. The van der Waals surface area contributed by atoms with Crippen LogP contribution in [0.25, 0.3) is 0 Å². The van der Waals surface area contributed by atoms with Crippen molar-refractivity contribution >= 4 is 0 Å². The molecule has 0 saturated carbocycles. The van der Waals surface area contributed by atoms with Gasteiger partial charge in [0.25, 0.3) is 0 Å². The van der Waals surface area contributed by atoms with Crippen LogP contribution in [0.2, 0.25) is 0 Å². The molecule has 1 fully saturated rings. The van der Waals surface area contributed by atoms with E-state index in [4.69, 9.17) is 4.74 Å². The lowest BCUT2D eigenvalue weighted by molar-refractivity contribution is 0.0539. The van der Waals surface area contributed by atoms with E-state index in [2.05, 4.69) is 5.10 Å². The molecule has 1 aliphatic rings. The molecule has 2 atom stereocenters. The Morgan fingerprint density at radius 3 is 2.88 bits per heavy atom. The Kier molecular flexibility index (Phi) is 3.84. The van der Waals surface area contributed by atoms with E-state index < -0.39 is 6.10 Å². The summed E-state index contributed by atoms with van der Waals surface area (Å²) in [6, 6.07) is 0.334. The zero-order valence-corrected chi connectivity index (χ0v) is 10.9. The molecule has 1 aromatic heterocycles. The van der Waals surface area contributed by atoms with Gasteiger partial charge >= 0.3 is 0 Å². The minimum absolute atomic E-state index is 0.334. The fourth-order valence-corrected chi connectivity index (χ4v) is 2.63. The largest absolute Gasteiger partial charge is 0.388 e. The summed E-state index contributed by atoms with van der Waals surface area (Å²) >= 11 is 0. The van der Waals surface area contributed by atoms with E-state index in [1.807, 2.05) is 25.5 Å². The molecule has 0 bridgehead atoms. The SMILES string of the molecule is CCC(O)c1c(C)nn(C2CCCOC2)c1C. The van der Waals surface area contributed by atoms with Crippen molar-refractivity contribution in [2.45, 2.75) is 52.2 Å². The third kappa shape index (κ3) is 2.38. The molecule has 2 rings (SSSR count). The van der Waals surface area contributed by atoms with Crippen molar-refractivity contribution < 1.29 is 9.84 Å². The molecule has 2 unspecified atom stereocenters. The number of rotatable bonds is 3. The second-order valence-electron chi connectivity index (χ2n) is 4.82. The summed E-state index contributed by atoms with van der Waals surface area (Å²) in [5.74, 6) is 0. The monoisotopic (exact) mass is 238 g/mol. The van der Waals surface area contributed by atoms with E-state index in [1.54, 1.807) is 0 Å². The summed E-state index contributed by atoms with van der Waals surface area (Å²) in [4.78, 5) is 0. The second kappa shape index (κ2) is 5.19. The molecule has 0 amide bonds. The number of aryl methyl sites for hydroxylation is 1. The lowest BCUT2D eigenvalue weighted by Crippen LogP contribution is -2.23. The Morgan fingerprint density at radius 2 is 2.29 bits per heavy atom. The van der Waals surface area contributed by atoms with Gasteiger partial charge in [-0.15, -0.1) is 0 Å². The number of hydrogen-bond acceptors (Lipinski definition) is 3. The molecular formula is C13H22N2O2. The molecule has 1 aliphatic heterocycles. The van der Waals surface area contributed by atoms with Crippen molar-refractivity contribution in [1.29, 1.82) is 0 Å². The third-order valence-electron chi connectivity index (χ3n) is 3.58. The summed E-state index contributed by atoms with van der Waals surface area (Å²) < 4.78 is 7.55. The van der Waals surface area contributed by atoms with E-state index >= 15 is 0 Å². The average molecular weight is 238 g/mol. The summed E-state index contributed by atoms with van der Waals surface area (Å²) in [5, 5.41) is 14.6. The first-order chi connectivity index (χ1) is 8.15. The zero-order valence-electron chi connectivity index (χ0n) is 10.9. The van der Waals surface area contributed by atoms with Crippen LogP contribution in [-0.4, -0.2) is 28.1 Å². The molecule has 4 nitrogen and oxygen atoms in total. The zero-order chi connectivity index (χ0) is 12.4. The molecule has 0 spiro atoms. The predicted octanol–water partition coefficient (Wildman–Crippen LogP) is 2.29. The smallest absolute Gasteiger partial charge is 0.0823 e. The Balaban J connectivity index is 2.29. The topological polar surface area (TPSA) is 47.3 Å². The maximum absolute atomic E-state index is 10.0. The van der Waals surface area contributed by atoms with Gasteiger partial charge in [-0.1, -0.05) is 6.92 Å². The summed E-state index contributed by atoms with van der Waals surface area (Å²) in [6.07, 6.45) is 2.54. The lowest BCUT2D eigenvalue weighted by atomic mass is 10.0. The van der Waals surface area contributed by atoms with Gasteiger partial charge in [0.15, 0.2) is 0 Å². The molecule has 0 aromatic carbocycles. The number of aliphatic hydroxyl groups excluding tert-OH is 1. The van der Waals surface area contributed by atoms with Crippen LogP contribution in [0, 0.1) is 13.8 Å². The van der Waals surface area contributed by atoms with Crippen LogP contribution in [0.5, 0.6) is 0 Å². The molecule has 2 heterocycles.